The van der Waals surface area contributed by atoms with Crippen LogP contribution in [0.5, 0.6) is 0 Å². The molecule has 3 aromatic rings. The van der Waals surface area contributed by atoms with Crippen molar-refractivity contribution in [3.63, 3.8) is 0 Å². The molecule has 1 aliphatic rings. The Kier molecular flexibility index (Phi) is 5.49. The number of hydrogen-bond acceptors (Lipinski definition) is 4. The number of rotatable bonds is 3. The lowest BCUT2D eigenvalue weighted by atomic mass is 10.1. The number of nitrogens with zero attached hydrogens (tertiary/aromatic N) is 2. The van der Waals surface area contributed by atoms with Crippen LogP contribution in [-0.2, 0) is 0 Å². The Morgan fingerprint density at radius 3 is 2.73 bits per heavy atom. The van der Waals surface area contributed by atoms with E-state index in [1.165, 1.54) is 23.9 Å². The lowest BCUT2D eigenvalue weighted by molar-refractivity contribution is 0.0975. The molecule has 0 fully saturated rings. The fraction of sp³-hybridized carbons (Fsp3) is 0.136. The van der Waals surface area contributed by atoms with Gasteiger partial charge < -0.3 is 10.2 Å². The smallest absolute Gasteiger partial charge is 0.261 e. The van der Waals surface area contributed by atoms with E-state index < -0.39 is 11.7 Å². The van der Waals surface area contributed by atoms with Crippen molar-refractivity contribution in [2.45, 2.75) is 29.8 Å². The SMILES string of the molecule is CC(C)N1C(=O)c2cccnc2Sc2cc(NC(=O)c3ccc(F)cc3Cl)ccc21. The Bertz CT molecular complexity index is 1170. The molecule has 1 aliphatic heterocycles. The van der Waals surface area contributed by atoms with Gasteiger partial charge in [-0.3, -0.25) is 9.59 Å². The van der Waals surface area contributed by atoms with Gasteiger partial charge in [0, 0.05) is 22.8 Å². The van der Waals surface area contributed by atoms with Gasteiger partial charge in [-0.05, 0) is 62.4 Å². The highest BCUT2D eigenvalue weighted by Gasteiger charge is 2.30. The van der Waals surface area contributed by atoms with E-state index >= 15 is 0 Å². The zero-order valence-corrected chi connectivity index (χ0v) is 17.7. The molecule has 2 aromatic carbocycles. The molecule has 152 valence electrons. The number of carbonyl (C=O) groups excluding carboxylic acids is 2. The first kappa shape index (κ1) is 20.4. The van der Waals surface area contributed by atoms with E-state index in [0.717, 1.165) is 16.6 Å². The van der Waals surface area contributed by atoms with Crippen molar-refractivity contribution in [1.29, 1.82) is 0 Å². The van der Waals surface area contributed by atoms with E-state index in [2.05, 4.69) is 10.3 Å². The minimum absolute atomic E-state index is 0.0336. The van der Waals surface area contributed by atoms with Gasteiger partial charge in [0.1, 0.15) is 10.8 Å². The molecule has 0 saturated heterocycles. The van der Waals surface area contributed by atoms with Gasteiger partial charge in [0.05, 0.1) is 21.8 Å². The van der Waals surface area contributed by atoms with E-state index in [1.54, 1.807) is 41.4 Å². The van der Waals surface area contributed by atoms with Crippen molar-refractivity contribution in [3.8, 4) is 0 Å². The third kappa shape index (κ3) is 3.78. The molecule has 2 amide bonds. The van der Waals surface area contributed by atoms with Crippen LogP contribution in [0.4, 0.5) is 15.8 Å². The first-order valence-corrected chi connectivity index (χ1v) is 10.4. The average Bonchev–Trinajstić information content (AvgIpc) is 2.81. The predicted molar refractivity (Wildman–Crippen MR) is 116 cm³/mol. The number of pyridine rings is 1. The Labute approximate surface area is 182 Å². The summed E-state index contributed by atoms with van der Waals surface area (Å²) in [6.45, 7) is 3.89. The summed E-state index contributed by atoms with van der Waals surface area (Å²) in [5, 5.41) is 3.43. The normalized spacial score (nSPS) is 13.0. The number of fused-ring (bicyclic) bond motifs is 2. The van der Waals surface area contributed by atoms with Crippen molar-refractivity contribution >= 4 is 46.6 Å². The van der Waals surface area contributed by atoms with Crippen LogP contribution in [0, 0.1) is 5.82 Å². The second-order valence-electron chi connectivity index (χ2n) is 6.99. The second kappa shape index (κ2) is 8.08. The van der Waals surface area contributed by atoms with Crippen LogP contribution in [0.15, 0.2) is 64.6 Å². The summed E-state index contributed by atoms with van der Waals surface area (Å²) in [5.41, 5.74) is 1.99. The maximum Gasteiger partial charge on any atom is 0.261 e. The fourth-order valence-corrected chi connectivity index (χ4v) is 4.53. The molecule has 8 heteroatoms. The highest BCUT2D eigenvalue weighted by atomic mass is 35.5. The third-order valence-electron chi connectivity index (χ3n) is 4.60. The van der Waals surface area contributed by atoms with Crippen molar-refractivity contribution in [2.24, 2.45) is 0 Å². The van der Waals surface area contributed by atoms with Gasteiger partial charge in [-0.1, -0.05) is 23.4 Å². The van der Waals surface area contributed by atoms with Crippen molar-refractivity contribution in [2.75, 3.05) is 10.2 Å². The Balaban J connectivity index is 1.71. The van der Waals surface area contributed by atoms with Gasteiger partial charge in [-0.25, -0.2) is 9.37 Å². The number of anilines is 2. The van der Waals surface area contributed by atoms with Crippen LogP contribution in [-0.4, -0.2) is 22.8 Å². The molecule has 1 aromatic heterocycles. The Morgan fingerprint density at radius 2 is 2.00 bits per heavy atom. The van der Waals surface area contributed by atoms with Crippen LogP contribution >= 0.6 is 23.4 Å². The summed E-state index contributed by atoms with van der Waals surface area (Å²) in [7, 11) is 0. The highest BCUT2D eigenvalue weighted by Crippen LogP contribution is 2.42. The van der Waals surface area contributed by atoms with E-state index in [4.69, 9.17) is 11.6 Å². The maximum atomic E-state index is 13.3. The number of halogens is 2. The van der Waals surface area contributed by atoms with Crippen LogP contribution in [0.3, 0.4) is 0 Å². The van der Waals surface area contributed by atoms with Gasteiger partial charge in [0.2, 0.25) is 0 Å². The number of hydrogen-bond donors (Lipinski definition) is 1. The third-order valence-corrected chi connectivity index (χ3v) is 5.97. The lowest BCUT2D eigenvalue weighted by Gasteiger charge is -2.27. The van der Waals surface area contributed by atoms with Crippen LogP contribution in [0.2, 0.25) is 5.02 Å². The van der Waals surface area contributed by atoms with Crippen LogP contribution < -0.4 is 10.2 Å². The Morgan fingerprint density at radius 1 is 1.20 bits per heavy atom. The summed E-state index contributed by atoms with van der Waals surface area (Å²) in [6.07, 6.45) is 1.64. The first-order chi connectivity index (χ1) is 14.3. The number of benzene rings is 2. The van der Waals surface area contributed by atoms with Gasteiger partial charge in [0.15, 0.2) is 0 Å². The molecule has 0 bridgehead atoms. The van der Waals surface area contributed by atoms with Gasteiger partial charge in [-0.15, -0.1) is 0 Å². The van der Waals surface area contributed by atoms with Gasteiger partial charge >= 0.3 is 0 Å². The van der Waals surface area contributed by atoms with Crippen molar-refractivity contribution in [1.82, 2.24) is 4.98 Å². The minimum atomic E-state index is -0.511. The molecular formula is C22H17ClFN3O2S. The molecule has 0 aliphatic carbocycles. The summed E-state index contributed by atoms with van der Waals surface area (Å²) >= 11 is 7.37. The average molecular weight is 442 g/mol. The summed E-state index contributed by atoms with van der Waals surface area (Å²) in [6, 6.07) is 12.4. The standard InChI is InChI=1S/C22H17ClFN3O2S/c1-12(2)27-18-8-6-14(26-20(28)15-7-5-13(24)10-17(15)23)11-19(18)30-21-16(22(27)29)4-3-9-25-21/h3-12H,1-2H3,(H,26,28). The minimum Gasteiger partial charge on any atom is -0.322 e. The molecule has 5 nitrogen and oxygen atoms in total. The zero-order valence-electron chi connectivity index (χ0n) is 16.1. The quantitative estimate of drug-likeness (QED) is 0.570. The largest absolute Gasteiger partial charge is 0.322 e. The molecule has 0 radical (unpaired) electrons. The number of carbonyl (C=O) groups is 2. The fourth-order valence-electron chi connectivity index (χ4n) is 3.24. The zero-order chi connectivity index (χ0) is 21.4. The first-order valence-electron chi connectivity index (χ1n) is 9.22. The molecule has 0 saturated carbocycles. The molecule has 4 rings (SSSR count). The van der Waals surface area contributed by atoms with Crippen molar-refractivity contribution in [3.05, 3.63) is 76.7 Å². The summed E-state index contributed by atoms with van der Waals surface area (Å²) in [5.74, 6) is -1.08. The monoisotopic (exact) mass is 441 g/mol. The van der Waals surface area contributed by atoms with Gasteiger partial charge in [0.25, 0.3) is 11.8 Å². The Hall–Kier alpha value is -2.90. The second-order valence-corrected chi connectivity index (χ2v) is 8.43. The van der Waals surface area contributed by atoms with Crippen LogP contribution in [0.1, 0.15) is 34.6 Å². The predicted octanol–water partition coefficient (Wildman–Crippen LogP) is 5.65. The van der Waals surface area contributed by atoms with Crippen LogP contribution in [0.25, 0.3) is 0 Å². The molecule has 0 unspecified atom stereocenters. The summed E-state index contributed by atoms with van der Waals surface area (Å²) in [4.78, 5) is 32.6. The number of nitrogens with one attached hydrogen (secondary N) is 1. The molecule has 1 N–H and O–H groups in total. The van der Waals surface area contributed by atoms with E-state index in [0.29, 0.717) is 16.3 Å². The van der Waals surface area contributed by atoms with Crippen molar-refractivity contribution < 1.29 is 14.0 Å². The molecule has 0 spiro atoms. The molecule has 0 atom stereocenters. The molecular weight excluding hydrogens is 425 g/mol. The maximum absolute atomic E-state index is 13.3. The topological polar surface area (TPSA) is 62.3 Å². The van der Waals surface area contributed by atoms with E-state index in [9.17, 15) is 14.0 Å². The van der Waals surface area contributed by atoms with E-state index in [-0.39, 0.29) is 22.5 Å². The molecule has 2 heterocycles. The lowest BCUT2D eigenvalue weighted by Crippen LogP contribution is -2.37. The number of amides is 2. The number of aromatic nitrogens is 1. The summed E-state index contributed by atoms with van der Waals surface area (Å²) < 4.78 is 13.3. The van der Waals surface area contributed by atoms with Gasteiger partial charge in [-0.2, -0.15) is 0 Å². The van der Waals surface area contributed by atoms with E-state index in [1.807, 2.05) is 13.8 Å². The highest BCUT2D eigenvalue weighted by molar-refractivity contribution is 7.99. The molecule has 30 heavy (non-hydrogen) atoms.